The Kier molecular flexibility index (Phi) is 3.33. The molecule has 0 aromatic carbocycles. The fraction of sp³-hybridized carbons (Fsp3) is 0.500. The first-order valence-electron chi connectivity index (χ1n) is 6.33. The molecule has 3 heterocycles. The summed E-state index contributed by atoms with van der Waals surface area (Å²) in [4.78, 5) is 18.3. The average Bonchev–Trinajstić information content (AvgIpc) is 3.05. The molecule has 1 unspecified atom stereocenters. The molecule has 1 atom stereocenters. The van der Waals surface area contributed by atoms with E-state index in [9.17, 15) is 4.79 Å². The predicted octanol–water partition coefficient (Wildman–Crippen LogP) is 1.23. The average molecular weight is 340 g/mol. The Balaban J connectivity index is 1.84. The van der Waals surface area contributed by atoms with Crippen molar-refractivity contribution in [3.8, 4) is 0 Å². The van der Waals surface area contributed by atoms with E-state index in [0.29, 0.717) is 16.2 Å². The highest BCUT2D eigenvalue weighted by atomic mass is 79.9. The van der Waals surface area contributed by atoms with Gasteiger partial charge in [0.2, 0.25) is 5.89 Å². The number of anilines is 1. The van der Waals surface area contributed by atoms with Gasteiger partial charge in [0.1, 0.15) is 4.47 Å². The normalized spacial score (nSPS) is 18.8. The fourth-order valence-electron chi connectivity index (χ4n) is 2.38. The van der Waals surface area contributed by atoms with E-state index in [0.717, 1.165) is 25.2 Å². The SMILES string of the molecule is Cc1noc(C2CCN(c3cnn(C)c(=O)c3Br)C2)n1. The molecule has 8 heteroatoms. The van der Waals surface area contributed by atoms with E-state index < -0.39 is 0 Å². The second kappa shape index (κ2) is 5.01. The highest BCUT2D eigenvalue weighted by molar-refractivity contribution is 9.10. The summed E-state index contributed by atoms with van der Waals surface area (Å²) in [5, 5.41) is 7.89. The molecule has 0 amide bonds. The zero-order valence-electron chi connectivity index (χ0n) is 11.2. The third-order valence-corrected chi connectivity index (χ3v) is 4.23. The minimum atomic E-state index is -0.139. The van der Waals surface area contributed by atoms with E-state index in [-0.39, 0.29) is 11.5 Å². The van der Waals surface area contributed by atoms with Crippen molar-refractivity contribution in [3.05, 3.63) is 32.7 Å². The number of aryl methyl sites for hydroxylation is 2. The number of hydrogen-bond donors (Lipinski definition) is 0. The molecule has 0 radical (unpaired) electrons. The number of aromatic nitrogens is 4. The van der Waals surface area contributed by atoms with Gasteiger partial charge in [-0.1, -0.05) is 5.16 Å². The third kappa shape index (κ3) is 2.24. The van der Waals surface area contributed by atoms with Gasteiger partial charge in [-0.15, -0.1) is 0 Å². The molecule has 1 fully saturated rings. The van der Waals surface area contributed by atoms with Gasteiger partial charge in [0.15, 0.2) is 5.82 Å². The van der Waals surface area contributed by atoms with E-state index in [1.165, 1.54) is 4.68 Å². The van der Waals surface area contributed by atoms with Gasteiger partial charge < -0.3 is 9.42 Å². The van der Waals surface area contributed by atoms with Crippen LogP contribution in [0.1, 0.15) is 24.1 Å². The summed E-state index contributed by atoms with van der Waals surface area (Å²) in [6, 6.07) is 0. The van der Waals surface area contributed by atoms with Crippen molar-refractivity contribution in [1.29, 1.82) is 0 Å². The van der Waals surface area contributed by atoms with Crippen LogP contribution in [0, 0.1) is 6.92 Å². The Morgan fingerprint density at radius 3 is 3.00 bits per heavy atom. The first-order valence-corrected chi connectivity index (χ1v) is 7.12. The highest BCUT2D eigenvalue weighted by Gasteiger charge is 2.29. The molecule has 0 bridgehead atoms. The molecule has 7 nitrogen and oxygen atoms in total. The van der Waals surface area contributed by atoms with Crippen molar-refractivity contribution in [2.75, 3.05) is 18.0 Å². The molecule has 1 saturated heterocycles. The van der Waals surface area contributed by atoms with Crippen LogP contribution < -0.4 is 10.5 Å². The maximum atomic E-state index is 11.9. The van der Waals surface area contributed by atoms with Crippen LogP contribution in [-0.2, 0) is 7.05 Å². The summed E-state index contributed by atoms with van der Waals surface area (Å²) in [6.07, 6.45) is 2.62. The molecule has 0 N–H and O–H groups in total. The van der Waals surface area contributed by atoms with Crippen LogP contribution in [0.25, 0.3) is 0 Å². The van der Waals surface area contributed by atoms with Gasteiger partial charge in [-0.25, -0.2) is 4.68 Å². The molecule has 1 aliphatic heterocycles. The first kappa shape index (κ1) is 13.3. The Hall–Kier alpha value is -1.70. The van der Waals surface area contributed by atoms with Gasteiger partial charge >= 0.3 is 0 Å². The lowest BCUT2D eigenvalue weighted by molar-refractivity contribution is 0.356. The number of hydrogen-bond acceptors (Lipinski definition) is 6. The zero-order valence-corrected chi connectivity index (χ0v) is 12.8. The third-order valence-electron chi connectivity index (χ3n) is 3.48. The highest BCUT2D eigenvalue weighted by Crippen LogP contribution is 2.32. The number of halogens is 1. The van der Waals surface area contributed by atoms with Crippen LogP contribution in [0.2, 0.25) is 0 Å². The maximum Gasteiger partial charge on any atom is 0.282 e. The summed E-state index contributed by atoms with van der Waals surface area (Å²) in [7, 11) is 1.63. The van der Waals surface area contributed by atoms with E-state index in [2.05, 4.69) is 36.1 Å². The fourth-order valence-corrected chi connectivity index (χ4v) is 2.99. The molecule has 0 spiro atoms. The second-order valence-electron chi connectivity index (χ2n) is 4.88. The van der Waals surface area contributed by atoms with Crippen molar-refractivity contribution < 1.29 is 4.52 Å². The molecule has 2 aromatic rings. The Bertz CT molecular complexity index is 695. The lowest BCUT2D eigenvalue weighted by Crippen LogP contribution is -2.26. The van der Waals surface area contributed by atoms with Gasteiger partial charge in [0.25, 0.3) is 5.56 Å². The minimum absolute atomic E-state index is 0.139. The number of rotatable bonds is 2. The molecular formula is C12H14BrN5O2. The molecule has 0 aliphatic carbocycles. The van der Waals surface area contributed by atoms with E-state index in [1.807, 2.05) is 0 Å². The van der Waals surface area contributed by atoms with Crippen LogP contribution in [-0.4, -0.2) is 33.0 Å². The Labute approximate surface area is 123 Å². The van der Waals surface area contributed by atoms with Gasteiger partial charge in [-0.2, -0.15) is 10.1 Å². The summed E-state index contributed by atoms with van der Waals surface area (Å²) in [6.45, 7) is 3.38. The standard InChI is InChI=1S/C12H14BrN5O2/c1-7-15-11(20-16-7)8-3-4-18(6-8)9-5-14-17(2)12(19)10(9)13/h5,8H,3-4,6H2,1-2H3. The summed E-state index contributed by atoms with van der Waals surface area (Å²) >= 11 is 3.35. The van der Waals surface area contributed by atoms with Crippen LogP contribution in [0.3, 0.4) is 0 Å². The van der Waals surface area contributed by atoms with Crippen molar-refractivity contribution in [2.24, 2.45) is 7.05 Å². The smallest absolute Gasteiger partial charge is 0.282 e. The van der Waals surface area contributed by atoms with Crippen molar-refractivity contribution in [3.63, 3.8) is 0 Å². The van der Waals surface area contributed by atoms with Crippen LogP contribution >= 0.6 is 15.9 Å². The van der Waals surface area contributed by atoms with Crippen molar-refractivity contribution in [2.45, 2.75) is 19.3 Å². The molecule has 3 rings (SSSR count). The summed E-state index contributed by atoms with van der Waals surface area (Å²) in [5.74, 6) is 1.51. The molecule has 1 aliphatic rings. The van der Waals surface area contributed by atoms with Crippen molar-refractivity contribution in [1.82, 2.24) is 19.9 Å². The van der Waals surface area contributed by atoms with E-state index >= 15 is 0 Å². The largest absolute Gasteiger partial charge is 0.368 e. The predicted molar refractivity (Wildman–Crippen MR) is 75.8 cm³/mol. The van der Waals surface area contributed by atoms with Gasteiger partial charge in [-0.05, 0) is 29.3 Å². The minimum Gasteiger partial charge on any atom is -0.368 e. The summed E-state index contributed by atoms with van der Waals surface area (Å²) in [5.41, 5.74) is 0.673. The lowest BCUT2D eigenvalue weighted by Gasteiger charge is -2.19. The van der Waals surface area contributed by atoms with Gasteiger partial charge in [0.05, 0.1) is 17.8 Å². The molecule has 2 aromatic heterocycles. The van der Waals surface area contributed by atoms with E-state index in [4.69, 9.17) is 4.52 Å². The van der Waals surface area contributed by atoms with Crippen LogP contribution in [0.15, 0.2) is 20.0 Å². The Morgan fingerprint density at radius 2 is 2.30 bits per heavy atom. The second-order valence-corrected chi connectivity index (χ2v) is 5.68. The molecule has 106 valence electrons. The van der Waals surface area contributed by atoms with E-state index in [1.54, 1.807) is 20.2 Å². The first-order chi connectivity index (χ1) is 9.56. The monoisotopic (exact) mass is 339 g/mol. The van der Waals surface area contributed by atoms with Crippen LogP contribution in [0.5, 0.6) is 0 Å². The van der Waals surface area contributed by atoms with Crippen molar-refractivity contribution >= 4 is 21.6 Å². The molecule has 0 saturated carbocycles. The van der Waals surface area contributed by atoms with Gasteiger partial charge in [0, 0.05) is 20.1 Å². The topological polar surface area (TPSA) is 77.0 Å². The Morgan fingerprint density at radius 1 is 1.50 bits per heavy atom. The quantitative estimate of drug-likeness (QED) is 0.818. The summed E-state index contributed by atoms with van der Waals surface area (Å²) < 4.78 is 7.07. The van der Waals surface area contributed by atoms with Crippen LogP contribution in [0.4, 0.5) is 5.69 Å². The molecular weight excluding hydrogens is 326 g/mol. The molecule has 20 heavy (non-hydrogen) atoms. The van der Waals surface area contributed by atoms with Gasteiger partial charge in [-0.3, -0.25) is 4.79 Å². The lowest BCUT2D eigenvalue weighted by atomic mass is 10.1. The zero-order chi connectivity index (χ0) is 14.3. The number of nitrogens with zero attached hydrogens (tertiary/aromatic N) is 5. The maximum absolute atomic E-state index is 11.9.